The zero-order valence-corrected chi connectivity index (χ0v) is 11.5. The van der Waals surface area contributed by atoms with Gasteiger partial charge >= 0.3 is 0 Å². The monoisotopic (exact) mass is 324 g/mol. The van der Waals surface area contributed by atoms with E-state index in [1.54, 1.807) is 12.3 Å². The minimum Gasteiger partial charge on any atom is -0.389 e. The van der Waals surface area contributed by atoms with Crippen molar-refractivity contribution in [3.63, 3.8) is 0 Å². The quantitative estimate of drug-likeness (QED) is 0.835. The summed E-state index contributed by atoms with van der Waals surface area (Å²) in [5.41, 5.74) is 12.4. The Bertz CT molecular complexity index is 638. The Hall–Kier alpha value is -1.73. The lowest BCUT2D eigenvalue weighted by Crippen LogP contribution is -2.15. The molecule has 0 bridgehead atoms. The summed E-state index contributed by atoms with van der Waals surface area (Å²) in [4.78, 5) is 11.3. The van der Waals surface area contributed by atoms with E-state index in [1.165, 1.54) is 10.7 Å². The van der Waals surface area contributed by atoms with Crippen molar-refractivity contribution in [1.82, 2.24) is 9.78 Å². The molecule has 0 atom stereocenters. The predicted octanol–water partition coefficient (Wildman–Crippen LogP) is 1.37. The van der Waals surface area contributed by atoms with Crippen LogP contribution >= 0.6 is 28.1 Å². The normalized spacial score (nSPS) is 10.3. The number of thiocarbonyl (C=S) groups is 1. The van der Waals surface area contributed by atoms with Gasteiger partial charge in [-0.05, 0) is 24.3 Å². The molecule has 0 aliphatic heterocycles. The number of rotatable bonds is 3. The molecule has 0 spiro atoms. The number of benzene rings is 1. The van der Waals surface area contributed by atoms with Crippen LogP contribution in [0, 0.1) is 0 Å². The molecular formula is C11H9BrN4OS. The van der Waals surface area contributed by atoms with Gasteiger partial charge in [0.2, 0.25) is 0 Å². The Morgan fingerprint density at radius 1 is 1.33 bits per heavy atom. The van der Waals surface area contributed by atoms with Crippen molar-refractivity contribution >= 4 is 39.0 Å². The first kappa shape index (κ1) is 12.7. The van der Waals surface area contributed by atoms with Crippen molar-refractivity contribution < 1.29 is 4.79 Å². The topological polar surface area (TPSA) is 86.9 Å². The zero-order valence-electron chi connectivity index (χ0n) is 9.13. The number of amides is 1. The molecule has 7 heteroatoms. The minimum absolute atomic E-state index is 0.184. The standard InChI is InChI=1S/C11H9BrN4OS/c12-6-1-2-7(11(14)18)9(5-6)16-4-3-8(15-16)10(13)17/h1-5H,(H2,13,17)(H2,14,18). The summed E-state index contributed by atoms with van der Waals surface area (Å²) < 4.78 is 2.37. The number of nitrogens with zero attached hydrogens (tertiary/aromatic N) is 2. The number of hydrogen-bond donors (Lipinski definition) is 2. The second kappa shape index (κ2) is 4.87. The smallest absolute Gasteiger partial charge is 0.269 e. The van der Waals surface area contributed by atoms with Gasteiger partial charge in [-0.15, -0.1) is 0 Å². The highest BCUT2D eigenvalue weighted by molar-refractivity contribution is 9.10. The summed E-state index contributed by atoms with van der Waals surface area (Å²) in [7, 11) is 0. The molecule has 1 amide bonds. The van der Waals surface area contributed by atoms with Gasteiger partial charge in [0.05, 0.1) is 5.69 Å². The van der Waals surface area contributed by atoms with E-state index in [2.05, 4.69) is 21.0 Å². The fourth-order valence-electron chi connectivity index (χ4n) is 1.49. The van der Waals surface area contributed by atoms with E-state index in [0.29, 0.717) is 11.3 Å². The van der Waals surface area contributed by atoms with Crippen molar-refractivity contribution in [2.75, 3.05) is 0 Å². The molecule has 2 aromatic rings. The first-order valence-corrected chi connectivity index (χ1v) is 6.14. The largest absolute Gasteiger partial charge is 0.389 e. The van der Waals surface area contributed by atoms with E-state index in [-0.39, 0.29) is 10.7 Å². The Morgan fingerprint density at radius 2 is 2.06 bits per heavy atom. The highest BCUT2D eigenvalue weighted by Crippen LogP contribution is 2.20. The van der Waals surface area contributed by atoms with E-state index >= 15 is 0 Å². The number of aromatic nitrogens is 2. The van der Waals surface area contributed by atoms with E-state index in [0.717, 1.165) is 4.47 Å². The van der Waals surface area contributed by atoms with Gasteiger partial charge in [-0.2, -0.15) is 5.10 Å². The maximum Gasteiger partial charge on any atom is 0.269 e. The molecule has 0 unspecified atom stereocenters. The van der Waals surface area contributed by atoms with Crippen LogP contribution in [0.1, 0.15) is 16.1 Å². The molecular weight excluding hydrogens is 316 g/mol. The average molecular weight is 325 g/mol. The van der Waals surface area contributed by atoms with Crippen molar-refractivity contribution in [2.45, 2.75) is 0 Å². The van der Waals surface area contributed by atoms with Crippen LogP contribution in [0.25, 0.3) is 5.69 Å². The lowest BCUT2D eigenvalue weighted by Gasteiger charge is -2.08. The molecule has 92 valence electrons. The Kier molecular flexibility index (Phi) is 3.44. The van der Waals surface area contributed by atoms with Crippen LogP contribution < -0.4 is 11.5 Å². The highest BCUT2D eigenvalue weighted by Gasteiger charge is 2.11. The van der Waals surface area contributed by atoms with Gasteiger partial charge in [-0.25, -0.2) is 4.68 Å². The fourth-order valence-corrected chi connectivity index (χ4v) is 2.01. The van der Waals surface area contributed by atoms with Gasteiger partial charge in [0.15, 0.2) is 0 Å². The average Bonchev–Trinajstić information content (AvgIpc) is 2.77. The second-order valence-electron chi connectivity index (χ2n) is 3.54. The number of primary amides is 1. The molecule has 0 radical (unpaired) electrons. The number of nitrogens with two attached hydrogens (primary N) is 2. The van der Waals surface area contributed by atoms with E-state index in [9.17, 15) is 4.79 Å². The fraction of sp³-hybridized carbons (Fsp3) is 0. The number of halogens is 1. The molecule has 0 saturated heterocycles. The molecule has 0 saturated carbocycles. The molecule has 1 aromatic carbocycles. The summed E-state index contributed by atoms with van der Waals surface area (Å²) in [5, 5.41) is 4.07. The molecule has 4 N–H and O–H groups in total. The SMILES string of the molecule is NC(=O)c1ccn(-c2cc(Br)ccc2C(N)=S)n1. The van der Waals surface area contributed by atoms with Crippen LogP contribution in [-0.4, -0.2) is 20.7 Å². The first-order valence-electron chi connectivity index (χ1n) is 4.94. The van der Waals surface area contributed by atoms with E-state index in [1.807, 2.05) is 12.1 Å². The second-order valence-corrected chi connectivity index (χ2v) is 4.89. The van der Waals surface area contributed by atoms with Crippen LogP contribution in [0.3, 0.4) is 0 Å². The van der Waals surface area contributed by atoms with Crippen molar-refractivity contribution in [3.8, 4) is 5.69 Å². The Morgan fingerprint density at radius 3 is 2.61 bits per heavy atom. The van der Waals surface area contributed by atoms with Crippen molar-refractivity contribution in [2.24, 2.45) is 11.5 Å². The summed E-state index contributed by atoms with van der Waals surface area (Å²) in [6.45, 7) is 0. The number of hydrogen-bond acceptors (Lipinski definition) is 3. The summed E-state index contributed by atoms with van der Waals surface area (Å²) in [5.74, 6) is -0.583. The zero-order chi connectivity index (χ0) is 13.3. The van der Waals surface area contributed by atoms with Gasteiger partial charge in [-0.1, -0.05) is 28.1 Å². The molecule has 0 aliphatic carbocycles. The van der Waals surface area contributed by atoms with Crippen LogP contribution in [0.5, 0.6) is 0 Å². The summed E-state index contributed by atoms with van der Waals surface area (Å²) in [6.07, 6.45) is 1.63. The molecule has 2 rings (SSSR count). The number of carbonyl (C=O) groups is 1. The minimum atomic E-state index is -0.583. The summed E-state index contributed by atoms with van der Waals surface area (Å²) in [6, 6.07) is 6.96. The van der Waals surface area contributed by atoms with Gasteiger partial charge < -0.3 is 11.5 Å². The van der Waals surface area contributed by atoms with Gasteiger partial charge in [0.25, 0.3) is 5.91 Å². The van der Waals surface area contributed by atoms with Gasteiger partial charge in [0.1, 0.15) is 10.7 Å². The molecule has 18 heavy (non-hydrogen) atoms. The molecule has 5 nitrogen and oxygen atoms in total. The summed E-state index contributed by atoms with van der Waals surface area (Å²) >= 11 is 8.34. The third kappa shape index (κ3) is 2.41. The van der Waals surface area contributed by atoms with Crippen LogP contribution in [0.15, 0.2) is 34.9 Å². The van der Waals surface area contributed by atoms with Crippen molar-refractivity contribution in [1.29, 1.82) is 0 Å². The van der Waals surface area contributed by atoms with Gasteiger partial charge in [0, 0.05) is 16.2 Å². The maximum atomic E-state index is 11.0. The Balaban J connectivity index is 2.57. The third-order valence-corrected chi connectivity index (χ3v) is 3.03. The van der Waals surface area contributed by atoms with Crippen LogP contribution in [0.2, 0.25) is 0 Å². The van der Waals surface area contributed by atoms with Crippen LogP contribution in [-0.2, 0) is 0 Å². The van der Waals surface area contributed by atoms with Gasteiger partial charge in [-0.3, -0.25) is 4.79 Å². The van der Waals surface area contributed by atoms with Crippen molar-refractivity contribution in [3.05, 3.63) is 46.2 Å². The number of carbonyl (C=O) groups excluding carboxylic acids is 1. The molecule has 1 aromatic heterocycles. The lowest BCUT2D eigenvalue weighted by atomic mass is 10.2. The molecule has 0 fully saturated rings. The third-order valence-electron chi connectivity index (χ3n) is 2.31. The molecule has 0 aliphatic rings. The highest BCUT2D eigenvalue weighted by atomic mass is 79.9. The molecule has 1 heterocycles. The maximum absolute atomic E-state index is 11.0. The lowest BCUT2D eigenvalue weighted by molar-refractivity contribution is 0.0995. The van der Waals surface area contributed by atoms with Crippen LogP contribution in [0.4, 0.5) is 0 Å². The predicted molar refractivity (Wildman–Crippen MR) is 75.7 cm³/mol. The Labute approximate surface area is 117 Å². The first-order chi connectivity index (χ1) is 8.49. The van der Waals surface area contributed by atoms with E-state index < -0.39 is 5.91 Å². The van der Waals surface area contributed by atoms with E-state index in [4.69, 9.17) is 23.7 Å².